The van der Waals surface area contributed by atoms with E-state index in [9.17, 15) is 14.4 Å². The number of nitrogens with zero attached hydrogens (tertiary/aromatic N) is 3. The zero-order chi connectivity index (χ0) is 23.5. The van der Waals surface area contributed by atoms with Crippen molar-refractivity contribution in [2.24, 2.45) is 5.92 Å². The lowest BCUT2D eigenvalue weighted by Gasteiger charge is -2.32. The Balaban J connectivity index is 1.46. The van der Waals surface area contributed by atoms with E-state index in [0.717, 1.165) is 6.42 Å². The summed E-state index contributed by atoms with van der Waals surface area (Å²) in [7, 11) is 3.87. The molecule has 1 atom stereocenters. The van der Waals surface area contributed by atoms with E-state index in [2.05, 4.69) is 5.32 Å². The number of rotatable bonds is 6. The second-order valence-corrected chi connectivity index (χ2v) is 9.03. The fourth-order valence-corrected chi connectivity index (χ4v) is 4.17. The number of oxazole rings is 1. The highest BCUT2D eigenvalue weighted by molar-refractivity contribution is 6.30. The third-order valence-electron chi connectivity index (χ3n) is 5.88. The molecule has 33 heavy (non-hydrogen) atoms. The van der Waals surface area contributed by atoms with E-state index >= 15 is 0 Å². The predicted molar refractivity (Wildman–Crippen MR) is 128 cm³/mol. The van der Waals surface area contributed by atoms with Gasteiger partial charge in [0.05, 0.1) is 11.4 Å². The number of carbonyl (C=O) groups excluding carboxylic acids is 2. The smallest absolute Gasteiger partial charge is 0.408 e. The normalized spacial score (nSPS) is 16.4. The quantitative estimate of drug-likeness (QED) is 0.597. The van der Waals surface area contributed by atoms with E-state index in [0.29, 0.717) is 60.0 Å². The van der Waals surface area contributed by atoms with Crippen LogP contribution in [0.3, 0.4) is 0 Å². The fourth-order valence-electron chi connectivity index (χ4n) is 4.05. The molecule has 0 aliphatic carbocycles. The van der Waals surface area contributed by atoms with Crippen LogP contribution in [-0.2, 0) is 11.3 Å². The number of hydrogen-bond acceptors (Lipinski definition) is 5. The lowest BCUT2D eigenvalue weighted by atomic mass is 9.96. The van der Waals surface area contributed by atoms with Gasteiger partial charge < -0.3 is 19.5 Å². The highest BCUT2D eigenvalue weighted by Gasteiger charge is 2.29. The Bertz CT molecular complexity index is 1220. The second-order valence-electron chi connectivity index (χ2n) is 8.59. The van der Waals surface area contributed by atoms with Crippen molar-refractivity contribution in [1.82, 2.24) is 14.4 Å². The van der Waals surface area contributed by atoms with Crippen LogP contribution in [-0.4, -0.2) is 59.9 Å². The van der Waals surface area contributed by atoms with Gasteiger partial charge in [-0.05, 0) is 69.4 Å². The van der Waals surface area contributed by atoms with Gasteiger partial charge in [-0.15, -0.1) is 0 Å². The first kappa shape index (κ1) is 23.1. The van der Waals surface area contributed by atoms with Crippen LogP contribution in [0.4, 0.5) is 5.69 Å². The zero-order valence-electron chi connectivity index (χ0n) is 18.7. The second kappa shape index (κ2) is 9.80. The van der Waals surface area contributed by atoms with Gasteiger partial charge in [0.15, 0.2) is 5.58 Å². The van der Waals surface area contributed by atoms with Crippen LogP contribution in [0.25, 0.3) is 11.1 Å². The molecule has 0 saturated carbocycles. The van der Waals surface area contributed by atoms with Crippen LogP contribution in [0.1, 0.15) is 23.2 Å². The number of likely N-dealkylation sites (tertiary alicyclic amines) is 1. The minimum absolute atomic E-state index is 0.103. The number of anilines is 1. The Morgan fingerprint density at radius 3 is 2.67 bits per heavy atom. The van der Waals surface area contributed by atoms with Gasteiger partial charge >= 0.3 is 5.76 Å². The molecule has 1 N–H and O–H groups in total. The predicted octanol–water partition coefficient (Wildman–Crippen LogP) is 3.30. The summed E-state index contributed by atoms with van der Waals surface area (Å²) in [6.45, 7) is 2.14. The van der Waals surface area contributed by atoms with Crippen LogP contribution in [0.15, 0.2) is 51.7 Å². The standard InChI is InChI=1S/C24H27ClN4O4/c1-27(2)12-13-29-20-14-19(9-10-21(20)33-24(29)32)26-22(30)17-4-3-11-28(15-17)23(31)16-5-7-18(25)8-6-16/h5-10,14,17H,3-4,11-13,15H2,1-2H3,(H,26,30). The first-order valence-electron chi connectivity index (χ1n) is 11.0. The van der Waals surface area contributed by atoms with Gasteiger partial charge in [0.1, 0.15) is 0 Å². The molecular weight excluding hydrogens is 444 g/mol. The number of amides is 2. The Morgan fingerprint density at radius 1 is 1.18 bits per heavy atom. The van der Waals surface area contributed by atoms with Gasteiger partial charge in [-0.3, -0.25) is 14.2 Å². The van der Waals surface area contributed by atoms with Crippen molar-refractivity contribution in [1.29, 1.82) is 0 Å². The van der Waals surface area contributed by atoms with Crippen LogP contribution >= 0.6 is 11.6 Å². The average Bonchev–Trinajstić information content (AvgIpc) is 3.12. The highest BCUT2D eigenvalue weighted by atomic mass is 35.5. The van der Waals surface area contributed by atoms with Crippen molar-refractivity contribution in [2.75, 3.05) is 39.0 Å². The van der Waals surface area contributed by atoms with Gasteiger partial charge in [0.2, 0.25) is 5.91 Å². The van der Waals surface area contributed by atoms with Gasteiger partial charge in [-0.1, -0.05) is 11.6 Å². The number of carbonyl (C=O) groups is 2. The summed E-state index contributed by atoms with van der Waals surface area (Å²) in [4.78, 5) is 41.7. The summed E-state index contributed by atoms with van der Waals surface area (Å²) >= 11 is 5.92. The summed E-state index contributed by atoms with van der Waals surface area (Å²) in [6, 6.07) is 11.9. The molecule has 3 aromatic rings. The number of nitrogens with one attached hydrogen (secondary N) is 1. The van der Waals surface area contributed by atoms with Crippen LogP contribution in [0, 0.1) is 5.92 Å². The zero-order valence-corrected chi connectivity index (χ0v) is 19.5. The monoisotopic (exact) mass is 470 g/mol. The van der Waals surface area contributed by atoms with Crippen molar-refractivity contribution in [3.8, 4) is 0 Å². The third-order valence-corrected chi connectivity index (χ3v) is 6.13. The van der Waals surface area contributed by atoms with E-state index in [1.807, 2.05) is 19.0 Å². The number of benzene rings is 2. The van der Waals surface area contributed by atoms with E-state index < -0.39 is 5.76 Å². The fraction of sp³-hybridized carbons (Fsp3) is 0.375. The van der Waals surface area contributed by atoms with E-state index in [-0.39, 0.29) is 17.7 Å². The van der Waals surface area contributed by atoms with E-state index in [4.69, 9.17) is 16.0 Å². The molecule has 1 aliphatic heterocycles. The molecule has 8 nitrogen and oxygen atoms in total. The maximum absolute atomic E-state index is 13.0. The van der Waals surface area contributed by atoms with Crippen LogP contribution in [0.2, 0.25) is 5.02 Å². The first-order chi connectivity index (χ1) is 15.8. The van der Waals surface area contributed by atoms with Crippen molar-refractivity contribution in [2.45, 2.75) is 19.4 Å². The molecule has 1 fully saturated rings. The van der Waals surface area contributed by atoms with Crippen molar-refractivity contribution < 1.29 is 14.0 Å². The van der Waals surface area contributed by atoms with Gasteiger partial charge in [-0.2, -0.15) is 0 Å². The van der Waals surface area contributed by atoms with Gasteiger partial charge in [0, 0.05) is 42.5 Å². The van der Waals surface area contributed by atoms with E-state index in [1.165, 1.54) is 0 Å². The molecule has 174 valence electrons. The SMILES string of the molecule is CN(C)CCn1c(=O)oc2ccc(NC(=O)C3CCCN(C(=O)c4ccc(Cl)cc4)C3)cc21. The first-order valence-corrected chi connectivity index (χ1v) is 11.3. The number of likely N-dealkylation sites (N-methyl/N-ethyl adjacent to an activating group) is 1. The molecule has 2 amide bonds. The summed E-state index contributed by atoms with van der Waals surface area (Å²) in [5, 5.41) is 3.52. The van der Waals surface area contributed by atoms with Gasteiger partial charge in [-0.25, -0.2) is 4.79 Å². The Kier molecular flexibility index (Phi) is 6.85. The molecule has 1 aliphatic rings. The molecule has 1 unspecified atom stereocenters. The summed E-state index contributed by atoms with van der Waals surface area (Å²) in [5.41, 5.74) is 2.27. The summed E-state index contributed by atoms with van der Waals surface area (Å²) in [5.74, 6) is -0.979. The lowest BCUT2D eigenvalue weighted by molar-refractivity contribution is -0.121. The Labute approximate surface area is 196 Å². The Morgan fingerprint density at radius 2 is 1.94 bits per heavy atom. The molecule has 2 heterocycles. The molecule has 1 saturated heterocycles. The van der Waals surface area contributed by atoms with Crippen molar-refractivity contribution in [3.63, 3.8) is 0 Å². The molecule has 4 rings (SSSR count). The van der Waals surface area contributed by atoms with Crippen LogP contribution in [0.5, 0.6) is 0 Å². The Hall–Kier alpha value is -3.10. The molecule has 0 bridgehead atoms. The van der Waals surface area contributed by atoms with Crippen molar-refractivity contribution in [3.05, 3.63) is 63.6 Å². The number of fused-ring (bicyclic) bond motifs is 1. The molecular formula is C24H27ClN4O4. The number of hydrogen-bond donors (Lipinski definition) is 1. The third kappa shape index (κ3) is 5.29. The topological polar surface area (TPSA) is 87.8 Å². The molecule has 0 radical (unpaired) electrons. The highest BCUT2D eigenvalue weighted by Crippen LogP contribution is 2.23. The number of halogens is 1. The maximum atomic E-state index is 13.0. The van der Waals surface area contributed by atoms with Gasteiger partial charge in [0.25, 0.3) is 5.91 Å². The molecule has 2 aromatic carbocycles. The summed E-state index contributed by atoms with van der Waals surface area (Å²) < 4.78 is 6.89. The molecule has 0 spiro atoms. The van der Waals surface area contributed by atoms with E-state index in [1.54, 1.807) is 51.9 Å². The number of piperidine rings is 1. The minimum Gasteiger partial charge on any atom is -0.408 e. The summed E-state index contributed by atoms with van der Waals surface area (Å²) in [6.07, 6.45) is 1.46. The molecule has 1 aromatic heterocycles. The average molecular weight is 471 g/mol. The molecule has 9 heteroatoms. The van der Waals surface area contributed by atoms with Crippen molar-refractivity contribution >= 4 is 40.2 Å². The lowest BCUT2D eigenvalue weighted by Crippen LogP contribution is -2.43. The maximum Gasteiger partial charge on any atom is 0.419 e. The largest absolute Gasteiger partial charge is 0.419 e. The van der Waals surface area contributed by atoms with Crippen LogP contribution < -0.4 is 11.1 Å². The number of aromatic nitrogens is 1. The minimum atomic E-state index is -0.418.